The van der Waals surface area contributed by atoms with Gasteiger partial charge in [0.15, 0.2) is 0 Å². The number of pyridine rings is 1. The minimum absolute atomic E-state index is 0.384. The monoisotopic (exact) mass is 387 g/mol. The third-order valence-corrected chi connectivity index (χ3v) is 5.71. The number of nitrogens with zero attached hydrogens (tertiary/aromatic N) is 1. The van der Waals surface area contributed by atoms with Crippen molar-refractivity contribution >= 4 is 12.6 Å². The Morgan fingerprint density at radius 1 is 0.862 bits per heavy atom. The third-order valence-electron chi connectivity index (χ3n) is 5.71. The summed E-state index contributed by atoms with van der Waals surface area (Å²) in [7, 11) is -0.425. The molecular weight excluding hydrogens is 361 g/mol. The second-order valence-electron chi connectivity index (χ2n) is 8.33. The maximum absolute atomic E-state index is 6.23. The fourth-order valence-electron chi connectivity index (χ4n) is 3.26. The van der Waals surface area contributed by atoms with Crippen molar-refractivity contribution in [1.29, 1.82) is 0 Å². The molecule has 29 heavy (non-hydrogen) atoms. The largest absolute Gasteiger partial charge is 0.494 e. The zero-order valence-electron chi connectivity index (χ0n) is 17.4. The number of rotatable bonds is 5. The molecule has 1 fully saturated rings. The standard InChI is InChI=1S/C24H26BNO3/c1-23(2)24(3,4)29-25(28-23)19-13-14-22(27-17-18-10-6-5-7-11-18)20(16-19)21-12-8-9-15-26-21/h5-16H,17H2,1-4H3. The average Bonchev–Trinajstić information content (AvgIpc) is 2.95. The Morgan fingerprint density at radius 3 is 2.21 bits per heavy atom. The van der Waals surface area contributed by atoms with Gasteiger partial charge >= 0.3 is 7.12 Å². The van der Waals surface area contributed by atoms with E-state index in [0.29, 0.717) is 6.61 Å². The molecule has 2 aromatic carbocycles. The number of hydrogen-bond acceptors (Lipinski definition) is 4. The quantitative estimate of drug-likeness (QED) is 0.599. The first-order chi connectivity index (χ1) is 13.9. The van der Waals surface area contributed by atoms with Crippen molar-refractivity contribution in [2.24, 2.45) is 0 Å². The van der Waals surface area contributed by atoms with E-state index in [2.05, 4.69) is 50.9 Å². The van der Waals surface area contributed by atoms with Crippen LogP contribution in [0.1, 0.15) is 33.3 Å². The van der Waals surface area contributed by atoms with Crippen LogP contribution in [-0.4, -0.2) is 23.3 Å². The smallest absolute Gasteiger partial charge is 0.488 e. The maximum atomic E-state index is 6.23. The molecule has 1 aliphatic heterocycles. The molecule has 0 spiro atoms. The molecule has 4 rings (SSSR count). The molecule has 0 radical (unpaired) electrons. The van der Waals surface area contributed by atoms with Gasteiger partial charge in [0.2, 0.25) is 0 Å². The van der Waals surface area contributed by atoms with Crippen molar-refractivity contribution in [2.45, 2.75) is 45.5 Å². The molecule has 1 aliphatic rings. The number of hydrogen-bond donors (Lipinski definition) is 0. The molecule has 2 heterocycles. The predicted molar refractivity (Wildman–Crippen MR) is 116 cm³/mol. The zero-order chi connectivity index (χ0) is 20.5. The highest BCUT2D eigenvalue weighted by molar-refractivity contribution is 6.62. The van der Waals surface area contributed by atoms with Gasteiger partial charge in [0, 0.05) is 11.8 Å². The summed E-state index contributed by atoms with van der Waals surface area (Å²) in [4.78, 5) is 4.53. The van der Waals surface area contributed by atoms with Crippen LogP contribution >= 0.6 is 0 Å². The van der Waals surface area contributed by atoms with E-state index < -0.39 is 7.12 Å². The van der Waals surface area contributed by atoms with E-state index in [-0.39, 0.29) is 11.2 Å². The van der Waals surface area contributed by atoms with Gasteiger partial charge in [0.05, 0.1) is 16.9 Å². The van der Waals surface area contributed by atoms with Gasteiger partial charge in [-0.15, -0.1) is 0 Å². The van der Waals surface area contributed by atoms with E-state index >= 15 is 0 Å². The van der Waals surface area contributed by atoms with Crippen molar-refractivity contribution in [1.82, 2.24) is 4.98 Å². The van der Waals surface area contributed by atoms with Gasteiger partial charge in [-0.05, 0) is 63.0 Å². The van der Waals surface area contributed by atoms with Crippen LogP contribution in [0.15, 0.2) is 72.9 Å². The molecule has 3 aromatic rings. The van der Waals surface area contributed by atoms with E-state index in [1.807, 2.05) is 48.5 Å². The molecule has 148 valence electrons. The Morgan fingerprint density at radius 2 is 1.55 bits per heavy atom. The van der Waals surface area contributed by atoms with Crippen LogP contribution in [0.4, 0.5) is 0 Å². The van der Waals surface area contributed by atoms with Crippen LogP contribution in [0, 0.1) is 0 Å². The third kappa shape index (κ3) is 4.07. The molecular formula is C24H26BNO3. The normalized spacial score (nSPS) is 17.3. The average molecular weight is 387 g/mol. The van der Waals surface area contributed by atoms with Gasteiger partial charge in [0.25, 0.3) is 0 Å². The summed E-state index contributed by atoms with van der Waals surface area (Å²) in [5.74, 6) is 0.785. The number of benzene rings is 2. The summed E-state index contributed by atoms with van der Waals surface area (Å²) in [5.41, 5.74) is 3.09. The lowest BCUT2D eigenvalue weighted by Crippen LogP contribution is -2.41. The molecule has 0 unspecified atom stereocenters. The Balaban J connectivity index is 1.66. The van der Waals surface area contributed by atoms with Crippen LogP contribution in [-0.2, 0) is 15.9 Å². The van der Waals surface area contributed by atoms with E-state index in [9.17, 15) is 0 Å². The number of ether oxygens (including phenoxy) is 1. The van der Waals surface area contributed by atoms with Crippen LogP contribution in [0.2, 0.25) is 0 Å². The minimum Gasteiger partial charge on any atom is -0.488 e. The van der Waals surface area contributed by atoms with Crippen molar-refractivity contribution < 1.29 is 14.0 Å². The second kappa shape index (κ2) is 7.66. The SMILES string of the molecule is CC1(C)OB(c2ccc(OCc3ccccc3)c(-c3ccccn3)c2)OC1(C)C. The summed E-state index contributed by atoms with van der Waals surface area (Å²) in [6, 6.07) is 22.1. The van der Waals surface area contributed by atoms with Crippen LogP contribution in [0.5, 0.6) is 5.75 Å². The van der Waals surface area contributed by atoms with Crippen LogP contribution in [0.25, 0.3) is 11.3 Å². The van der Waals surface area contributed by atoms with Gasteiger partial charge in [-0.25, -0.2) is 0 Å². The van der Waals surface area contributed by atoms with Gasteiger partial charge in [0.1, 0.15) is 12.4 Å². The van der Waals surface area contributed by atoms with Crippen molar-refractivity contribution in [3.8, 4) is 17.0 Å². The van der Waals surface area contributed by atoms with Gasteiger partial charge in [-0.3, -0.25) is 4.98 Å². The molecule has 0 amide bonds. The summed E-state index contributed by atoms with van der Waals surface area (Å²) < 4.78 is 18.6. The Hall–Kier alpha value is -2.63. The summed E-state index contributed by atoms with van der Waals surface area (Å²) >= 11 is 0. The van der Waals surface area contributed by atoms with Crippen molar-refractivity contribution in [2.75, 3.05) is 0 Å². The first-order valence-corrected chi connectivity index (χ1v) is 9.93. The number of aromatic nitrogens is 1. The molecule has 0 aliphatic carbocycles. The van der Waals surface area contributed by atoms with Crippen molar-refractivity contribution in [3.05, 3.63) is 78.5 Å². The molecule has 5 heteroatoms. The van der Waals surface area contributed by atoms with E-state index in [1.165, 1.54) is 0 Å². The maximum Gasteiger partial charge on any atom is 0.494 e. The summed E-state index contributed by atoms with van der Waals surface area (Å²) in [6.45, 7) is 8.73. The Bertz CT molecular complexity index is 958. The first kappa shape index (κ1) is 19.7. The lowest BCUT2D eigenvalue weighted by molar-refractivity contribution is 0.00578. The lowest BCUT2D eigenvalue weighted by Gasteiger charge is -2.32. The molecule has 0 atom stereocenters. The molecule has 0 N–H and O–H groups in total. The van der Waals surface area contributed by atoms with E-state index in [0.717, 1.165) is 28.0 Å². The summed E-state index contributed by atoms with van der Waals surface area (Å²) in [6.07, 6.45) is 1.79. The molecule has 1 aromatic heterocycles. The summed E-state index contributed by atoms with van der Waals surface area (Å²) in [5, 5.41) is 0. The van der Waals surface area contributed by atoms with Crippen molar-refractivity contribution in [3.63, 3.8) is 0 Å². The second-order valence-corrected chi connectivity index (χ2v) is 8.33. The molecule has 4 nitrogen and oxygen atoms in total. The fourth-order valence-corrected chi connectivity index (χ4v) is 3.26. The highest BCUT2D eigenvalue weighted by Crippen LogP contribution is 2.37. The van der Waals surface area contributed by atoms with Gasteiger partial charge in [-0.2, -0.15) is 0 Å². The molecule has 0 saturated carbocycles. The predicted octanol–water partition coefficient (Wildman–Crippen LogP) is 4.63. The lowest BCUT2D eigenvalue weighted by atomic mass is 9.78. The fraction of sp³-hybridized carbons (Fsp3) is 0.292. The topological polar surface area (TPSA) is 40.6 Å². The zero-order valence-corrected chi connectivity index (χ0v) is 17.4. The highest BCUT2D eigenvalue weighted by Gasteiger charge is 2.51. The Labute approximate surface area is 173 Å². The molecule has 1 saturated heterocycles. The van der Waals surface area contributed by atoms with E-state index in [4.69, 9.17) is 14.0 Å². The highest BCUT2D eigenvalue weighted by atomic mass is 16.7. The van der Waals surface area contributed by atoms with Crippen LogP contribution < -0.4 is 10.2 Å². The first-order valence-electron chi connectivity index (χ1n) is 9.93. The van der Waals surface area contributed by atoms with Gasteiger partial charge in [-0.1, -0.05) is 42.5 Å². The van der Waals surface area contributed by atoms with E-state index in [1.54, 1.807) is 6.20 Å². The van der Waals surface area contributed by atoms with Gasteiger partial charge < -0.3 is 14.0 Å². The molecule has 0 bridgehead atoms. The Kier molecular flexibility index (Phi) is 5.20. The minimum atomic E-state index is -0.425. The van der Waals surface area contributed by atoms with Crippen LogP contribution in [0.3, 0.4) is 0 Å².